The molecule has 0 saturated heterocycles. The van der Waals surface area contributed by atoms with Gasteiger partial charge in [0.25, 0.3) is 12.0 Å². The Kier molecular flexibility index (Phi) is 7.14. The molecular weight excluding hydrogens is 356 g/mol. The third kappa shape index (κ3) is 3.83. The third-order valence-corrected chi connectivity index (χ3v) is 4.42. The SMILES string of the molecule is CC.CCn1c(=O)c2c3ncn(Cc4ccccc4)c3ccc2n1C.O=CO. The van der Waals surface area contributed by atoms with Crippen molar-refractivity contribution in [2.45, 2.75) is 33.9 Å². The zero-order valence-corrected chi connectivity index (χ0v) is 16.7. The molecule has 2 aromatic heterocycles. The molecule has 7 nitrogen and oxygen atoms in total. The van der Waals surface area contributed by atoms with Gasteiger partial charge in [-0.1, -0.05) is 44.2 Å². The van der Waals surface area contributed by atoms with Gasteiger partial charge in [0.05, 0.1) is 22.7 Å². The maximum absolute atomic E-state index is 12.7. The van der Waals surface area contributed by atoms with E-state index in [-0.39, 0.29) is 12.0 Å². The summed E-state index contributed by atoms with van der Waals surface area (Å²) in [6, 6.07) is 14.3. The van der Waals surface area contributed by atoms with Crippen LogP contribution in [0.1, 0.15) is 26.3 Å². The van der Waals surface area contributed by atoms with Crippen molar-refractivity contribution in [2.24, 2.45) is 7.05 Å². The van der Waals surface area contributed by atoms with Gasteiger partial charge >= 0.3 is 0 Å². The number of hydrogen-bond acceptors (Lipinski definition) is 3. The average molecular weight is 382 g/mol. The summed E-state index contributed by atoms with van der Waals surface area (Å²) >= 11 is 0. The van der Waals surface area contributed by atoms with Gasteiger partial charge in [-0.25, -0.2) is 4.98 Å². The Balaban J connectivity index is 0.000000514. The molecule has 2 aromatic carbocycles. The summed E-state index contributed by atoms with van der Waals surface area (Å²) in [7, 11) is 1.92. The monoisotopic (exact) mass is 382 g/mol. The number of hydrogen-bond donors (Lipinski definition) is 1. The highest BCUT2D eigenvalue weighted by atomic mass is 16.3. The smallest absolute Gasteiger partial charge is 0.290 e. The van der Waals surface area contributed by atoms with Crippen LogP contribution in [0.4, 0.5) is 0 Å². The van der Waals surface area contributed by atoms with Gasteiger partial charge in [0.15, 0.2) is 0 Å². The number of aromatic nitrogens is 4. The fraction of sp³-hybridized carbons (Fsp3) is 0.286. The van der Waals surface area contributed by atoms with Crippen molar-refractivity contribution in [3.8, 4) is 0 Å². The van der Waals surface area contributed by atoms with E-state index in [0.717, 1.165) is 23.1 Å². The van der Waals surface area contributed by atoms with E-state index < -0.39 is 0 Å². The van der Waals surface area contributed by atoms with E-state index >= 15 is 0 Å². The third-order valence-electron chi connectivity index (χ3n) is 4.42. The highest BCUT2D eigenvalue weighted by Gasteiger charge is 2.15. The molecule has 7 heteroatoms. The molecule has 0 spiro atoms. The standard InChI is InChI=1S/C18H18N4O.C2H6.CH2O2/c1-3-22-18(23)16-14(20(22)2)9-10-15-17(16)19-12-21(15)11-13-7-5-4-6-8-13;1-2;2-1-3/h4-10,12H,3,11H2,1-2H3;1-2H3;1H,(H,2,3). The number of rotatable bonds is 3. The van der Waals surface area contributed by atoms with Crippen LogP contribution in [-0.2, 0) is 24.9 Å². The molecule has 0 unspecified atom stereocenters. The van der Waals surface area contributed by atoms with Crippen LogP contribution in [0.2, 0.25) is 0 Å². The molecule has 0 bridgehead atoms. The number of aryl methyl sites for hydroxylation is 1. The van der Waals surface area contributed by atoms with E-state index in [1.54, 1.807) is 4.68 Å². The maximum atomic E-state index is 12.7. The van der Waals surface area contributed by atoms with Crippen molar-refractivity contribution in [3.05, 3.63) is 64.7 Å². The molecule has 0 amide bonds. The summed E-state index contributed by atoms with van der Waals surface area (Å²) in [5, 5.41) is 7.60. The summed E-state index contributed by atoms with van der Waals surface area (Å²) in [6.45, 7) is 7.12. The highest BCUT2D eigenvalue weighted by Crippen LogP contribution is 2.22. The van der Waals surface area contributed by atoms with E-state index in [1.165, 1.54) is 5.56 Å². The van der Waals surface area contributed by atoms with Crippen molar-refractivity contribution in [3.63, 3.8) is 0 Å². The quantitative estimate of drug-likeness (QED) is 0.550. The molecule has 0 fully saturated rings. The van der Waals surface area contributed by atoms with Crippen LogP contribution in [0.3, 0.4) is 0 Å². The van der Waals surface area contributed by atoms with E-state index in [2.05, 4.69) is 21.7 Å². The number of imidazole rings is 1. The number of fused-ring (bicyclic) bond motifs is 3. The van der Waals surface area contributed by atoms with E-state index in [1.807, 2.05) is 69.2 Å². The van der Waals surface area contributed by atoms with E-state index in [0.29, 0.717) is 11.9 Å². The molecular formula is C21H26N4O3. The Bertz CT molecular complexity index is 1110. The Morgan fingerprint density at radius 3 is 2.29 bits per heavy atom. The number of nitrogens with zero attached hydrogens (tertiary/aromatic N) is 4. The topological polar surface area (TPSA) is 82.0 Å². The summed E-state index contributed by atoms with van der Waals surface area (Å²) in [4.78, 5) is 25.5. The number of carbonyl (C=O) groups is 1. The number of carboxylic acid groups (broad SMARTS) is 1. The van der Waals surface area contributed by atoms with Crippen LogP contribution in [0, 0.1) is 0 Å². The average Bonchev–Trinajstić information content (AvgIpc) is 3.23. The van der Waals surface area contributed by atoms with Gasteiger partial charge in [-0.2, -0.15) is 0 Å². The molecule has 0 aliphatic rings. The first-order valence-corrected chi connectivity index (χ1v) is 9.27. The largest absolute Gasteiger partial charge is 0.483 e. The minimum atomic E-state index is -0.250. The molecule has 0 atom stereocenters. The Morgan fingerprint density at radius 2 is 1.68 bits per heavy atom. The van der Waals surface area contributed by atoms with Crippen molar-refractivity contribution in [1.82, 2.24) is 18.9 Å². The Labute approximate surface area is 163 Å². The minimum Gasteiger partial charge on any atom is -0.483 e. The van der Waals surface area contributed by atoms with Crippen molar-refractivity contribution in [2.75, 3.05) is 0 Å². The minimum absolute atomic E-state index is 0.0283. The zero-order chi connectivity index (χ0) is 20.7. The predicted molar refractivity (Wildman–Crippen MR) is 112 cm³/mol. The van der Waals surface area contributed by atoms with Gasteiger partial charge in [0.1, 0.15) is 5.52 Å². The molecule has 0 saturated carbocycles. The predicted octanol–water partition coefficient (Wildman–Crippen LogP) is 3.48. The Hall–Kier alpha value is -3.35. The lowest BCUT2D eigenvalue weighted by Gasteiger charge is -2.05. The van der Waals surface area contributed by atoms with Gasteiger partial charge in [-0.05, 0) is 24.6 Å². The van der Waals surface area contributed by atoms with Crippen LogP contribution in [0.5, 0.6) is 0 Å². The van der Waals surface area contributed by atoms with Crippen molar-refractivity contribution >= 4 is 28.4 Å². The summed E-state index contributed by atoms with van der Waals surface area (Å²) in [6.07, 6.45) is 1.82. The second kappa shape index (κ2) is 9.55. The second-order valence-corrected chi connectivity index (χ2v) is 5.84. The molecule has 1 N–H and O–H groups in total. The van der Waals surface area contributed by atoms with Gasteiger partial charge in [-0.3, -0.25) is 19.0 Å². The van der Waals surface area contributed by atoms with Crippen molar-refractivity contribution < 1.29 is 9.90 Å². The highest BCUT2D eigenvalue weighted by molar-refractivity contribution is 6.02. The first kappa shape index (κ1) is 21.0. The fourth-order valence-corrected chi connectivity index (χ4v) is 3.26. The lowest BCUT2D eigenvalue weighted by molar-refractivity contribution is -0.122. The van der Waals surface area contributed by atoms with Gasteiger partial charge in [0, 0.05) is 20.1 Å². The molecule has 148 valence electrons. The first-order chi connectivity index (χ1) is 13.6. The lowest BCUT2D eigenvalue weighted by atomic mass is 10.2. The van der Waals surface area contributed by atoms with Crippen LogP contribution in [-0.4, -0.2) is 30.5 Å². The lowest BCUT2D eigenvalue weighted by Crippen LogP contribution is -2.19. The van der Waals surface area contributed by atoms with E-state index in [4.69, 9.17) is 9.90 Å². The van der Waals surface area contributed by atoms with E-state index in [9.17, 15) is 4.79 Å². The van der Waals surface area contributed by atoms with Crippen LogP contribution in [0.15, 0.2) is 53.6 Å². The zero-order valence-electron chi connectivity index (χ0n) is 16.7. The summed E-state index contributed by atoms with van der Waals surface area (Å²) in [5.74, 6) is 0. The van der Waals surface area contributed by atoms with Crippen LogP contribution < -0.4 is 5.56 Å². The number of benzene rings is 2. The molecule has 28 heavy (non-hydrogen) atoms. The summed E-state index contributed by atoms with van der Waals surface area (Å²) in [5.41, 5.74) is 3.94. The first-order valence-electron chi connectivity index (χ1n) is 9.27. The molecule has 2 heterocycles. The van der Waals surface area contributed by atoms with Crippen molar-refractivity contribution in [1.29, 1.82) is 0 Å². The fourth-order valence-electron chi connectivity index (χ4n) is 3.26. The molecule has 0 aliphatic carbocycles. The molecule has 4 rings (SSSR count). The molecule has 0 radical (unpaired) electrons. The maximum Gasteiger partial charge on any atom is 0.290 e. The molecule has 0 aliphatic heterocycles. The van der Waals surface area contributed by atoms with Gasteiger partial charge in [0.2, 0.25) is 0 Å². The molecule has 4 aromatic rings. The second-order valence-electron chi connectivity index (χ2n) is 5.84. The normalized spacial score (nSPS) is 10.1. The van der Waals surface area contributed by atoms with Crippen LogP contribution in [0.25, 0.3) is 21.9 Å². The van der Waals surface area contributed by atoms with Gasteiger partial charge < -0.3 is 9.67 Å². The van der Waals surface area contributed by atoms with Gasteiger partial charge in [-0.15, -0.1) is 0 Å². The van der Waals surface area contributed by atoms with Crippen LogP contribution >= 0.6 is 0 Å². The summed E-state index contributed by atoms with van der Waals surface area (Å²) < 4.78 is 5.74. The Morgan fingerprint density at radius 1 is 1.07 bits per heavy atom.